The molecule has 3 aromatic rings. The first-order valence-electron chi connectivity index (χ1n) is 8.60. The van der Waals surface area contributed by atoms with Crippen molar-refractivity contribution in [3.8, 4) is 0 Å². The van der Waals surface area contributed by atoms with Gasteiger partial charge in [0.15, 0.2) is 0 Å². The Balaban J connectivity index is 1.79. The molecule has 0 aliphatic heterocycles. The zero-order chi connectivity index (χ0) is 19.4. The van der Waals surface area contributed by atoms with E-state index < -0.39 is 0 Å². The first-order valence-corrected chi connectivity index (χ1v) is 8.98. The monoisotopic (exact) mass is 380 g/mol. The van der Waals surface area contributed by atoms with Gasteiger partial charge in [-0.2, -0.15) is 0 Å². The van der Waals surface area contributed by atoms with E-state index in [0.29, 0.717) is 34.6 Å². The Hall–Kier alpha value is -2.92. The highest BCUT2D eigenvalue weighted by Crippen LogP contribution is 2.21. The molecule has 3 rings (SSSR count). The van der Waals surface area contributed by atoms with Crippen molar-refractivity contribution in [2.24, 2.45) is 0 Å². The number of nitrogens with zero attached hydrogens (tertiary/aromatic N) is 3. The van der Waals surface area contributed by atoms with Crippen LogP contribution in [0.25, 0.3) is 0 Å². The highest BCUT2D eigenvalue weighted by molar-refractivity contribution is 6.31. The van der Waals surface area contributed by atoms with Crippen LogP contribution >= 0.6 is 11.6 Å². The summed E-state index contributed by atoms with van der Waals surface area (Å²) in [4.78, 5) is 23.4. The van der Waals surface area contributed by atoms with Crippen molar-refractivity contribution in [3.63, 3.8) is 0 Å². The molecule has 2 aromatic carbocycles. The van der Waals surface area contributed by atoms with Gasteiger partial charge in [-0.05, 0) is 37.1 Å². The Labute approximate surface area is 164 Å². The minimum Gasteiger partial charge on any atom is -0.355 e. The highest BCUT2D eigenvalue weighted by Gasteiger charge is 2.14. The number of anilines is 2. The zero-order valence-corrected chi connectivity index (χ0v) is 16.3. The molecule has 0 bridgehead atoms. The summed E-state index contributed by atoms with van der Waals surface area (Å²) in [6.07, 6.45) is 0. The Morgan fingerprint density at radius 1 is 1.07 bits per heavy atom. The van der Waals surface area contributed by atoms with Gasteiger partial charge in [-0.1, -0.05) is 48.0 Å². The minimum absolute atomic E-state index is 0.296. The van der Waals surface area contributed by atoms with Crippen LogP contribution in [0.1, 0.15) is 27.4 Å². The average Bonchev–Trinajstić information content (AvgIpc) is 2.65. The van der Waals surface area contributed by atoms with Crippen LogP contribution in [-0.2, 0) is 6.54 Å². The molecule has 0 atom stereocenters. The lowest BCUT2D eigenvalue weighted by Crippen LogP contribution is -2.21. The summed E-state index contributed by atoms with van der Waals surface area (Å²) in [5.74, 6) is 0.938. The fraction of sp³-hybridized carbons (Fsp3) is 0.190. The van der Waals surface area contributed by atoms with Crippen LogP contribution < -0.4 is 10.2 Å². The van der Waals surface area contributed by atoms with Crippen LogP contribution in [-0.4, -0.2) is 22.9 Å². The van der Waals surface area contributed by atoms with E-state index in [0.717, 1.165) is 11.1 Å². The van der Waals surface area contributed by atoms with E-state index >= 15 is 0 Å². The average molecular weight is 381 g/mol. The molecular weight excluding hydrogens is 360 g/mol. The standard InChI is InChI=1S/C21H21ClN4O/c1-14-9-10-17(11-18(14)22)25-21(27)19-12-20(24-15(2)23-19)26(3)13-16-7-5-4-6-8-16/h4-12H,13H2,1-3H3,(H,25,27). The second-order valence-electron chi connectivity index (χ2n) is 6.42. The lowest BCUT2D eigenvalue weighted by atomic mass is 10.2. The number of amides is 1. The fourth-order valence-corrected chi connectivity index (χ4v) is 2.85. The number of carbonyl (C=O) groups excluding carboxylic acids is 1. The number of benzene rings is 2. The first-order chi connectivity index (χ1) is 12.9. The Morgan fingerprint density at radius 2 is 1.81 bits per heavy atom. The molecule has 0 aliphatic carbocycles. The van der Waals surface area contributed by atoms with Crippen molar-refractivity contribution in [3.05, 3.63) is 82.3 Å². The van der Waals surface area contributed by atoms with Gasteiger partial charge in [-0.15, -0.1) is 0 Å². The number of nitrogens with one attached hydrogen (secondary N) is 1. The topological polar surface area (TPSA) is 58.1 Å². The Morgan fingerprint density at radius 3 is 2.52 bits per heavy atom. The number of hydrogen-bond donors (Lipinski definition) is 1. The summed E-state index contributed by atoms with van der Waals surface area (Å²) in [6, 6.07) is 17.2. The molecule has 1 heterocycles. The Kier molecular flexibility index (Phi) is 5.72. The van der Waals surface area contributed by atoms with Crippen LogP contribution in [0.4, 0.5) is 11.5 Å². The number of carbonyl (C=O) groups is 1. The van der Waals surface area contributed by atoms with E-state index in [4.69, 9.17) is 11.6 Å². The van der Waals surface area contributed by atoms with E-state index in [1.807, 2.05) is 49.2 Å². The molecule has 0 fully saturated rings. The number of hydrogen-bond acceptors (Lipinski definition) is 4. The van der Waals surface area contributed by atoms with Gasteiger partial charge < -0.3 is 10.2 Å². The summed E-state index contributed by atoms with van der Waals surface area (Å²) in [7, 11) is 1.94. The van der Waals surface area contributed by atoms with Crippen LogP contribution in [0.5, 0.6) is 0 Å². The highest BCUT2D eigenvalue weighted by atomic mass is 35.5. The van der Waals surface area contributed by atoms with Crippen molar-refractivity contribution < 1.29 is 4.79 Å². The number of rotatable bonds is 5. The number of aryl methyl sites for hydroxylation is 2. The third kappa shape index (κ3) is 4.83. The van der Waals surface area contributed by atoms with E-state index in [2.05, 4.69) is 27.4 Å². The molecule has 0 spiro atoms. The summed E-state index contributed by atoms with van der Waals surface area (Å²) in [6.45, 7) is 4.38. The maximum absolute atomic E-state index is 12.6. The number of halogens is 1. The molecule has 0 saturated heterocycles. The third-order valence-electron chi connectivity index (χ3n) is 4.14. The molecule has 1 aromatic heterocycles. The molecule has 0 aliphatic rings. The van der Waals surface area contributed by atoms with Gasteiger partial charge in [0.25, 0.3) is 5.91 Å². The van der Waals surface area contributed by atoms with Gasteiger partial charge in [0.1, 0.15) is 17.3 Å². The van der Waals surface area contributed by atoms with Crippen molar-refractivity contribution in [1.29, 1.82) is 0 Å². The summed E-state index contributed by atoms with van der Waals surface area (Å²) in [5.41, 5.74) is 3.06. The summed E-state index contributed by atoms with van der Waals surface area (Å²) in [5, 5.41) is 3.44. The van der Waals surface area contributed by atoms with Crippen LogP contribution in [0.2, 0.25) is 5.02 Å². The molecular formula is C21H21ClN4O. The zero-order valence-electron chi connectivity index (χ0n) is 15.5. The molecule has 27 heavy (non-hydrogen) atoms. The normalized spacial score (nSPS) is 10.5. The molecule has 5 nitrogen and oxygen atoms in total. The minimum atomic E-state index is -0.296. The van der Waals surface area contributed by atoms with Gasteiger partial charge in [0, 0.05) is 30.4 Å². The fourth-order valence-electron chi connectivity index (χ4n) is 2.67. The SMILES string of the molecule is Cc1nc(C(=O)Nc2ccc(C)c(Cl)c2)cc(N(C)Cc2ccccc2)n1. The van der Waals surface area contributed by atoms with Crippen LogP contribution in [0.15, 0.2) is 54.6 Å². The van der Waals surface area contributed by atoms with Gasteiger partial charge in [-0.3, -0.25) is 4.79 Å². The molecule has 0 unspecified atom stereocenters. The molecule has 0 radical (unpaired) electrons. The lowest BCUT2D eigenvalue weighted by Gasteiger charge is -2.19. The van der Waals surface area contributed by atoms with Crippen molar-refractivity contribution in [2.45, 2.75) is 20.4 Å². The van der Waals surface area contributed by atoms with Gasteiger partial charge in [-0.25, -0.2) is 9.97 Å². The van der Waals surface area contributed by atoms with Crippen molar-refractivity contribution >= 4 is 29.0 Å². The lowest BCUT2D eigenvalue weighted by molar-refractivity contribution is 0.102. The maximum Gasteiger partial charge on any atom is 0.274 e. The maximum atomic E-state index is 12.6. The largest absolute Gasteiger partial charge is 0.355 e. The first kappa shape index (κ1) is 18.9. The van der Waals surface area contributed by atoms with Crippen LogP contribution in [0.3, 0.4) is 0 Å². The van der Waals surface area contributed by atoms with Gasteiger partial charge >= 0.3 is 0 Å². The van der Waals surface area contributed by atoms with Crippen LogP contribution in [0, 0.1) is 13.8 Å². The van der Waals surface area contributed by atoms with Crippen molar-refractivity contribution in [2.75, 3.05) is 17.3 Å². The molecule has 1 N–H and O–H groups in total. The summed E-state index contributed by atoms with van der Waals surface area (Å²) < 4.78 is 0. The molecule has 1 amide bonds. The quantitative estimate of drug-likeness (QED) is 0.700. The molecule has 138 valence electrons. The Bertz CT molecular complexity index is 960. The predicted octanol–water partition coefficient (Wildman–Crippen LogP) is 4.64. The van der Waals surface area contributed by atoms with E-state index in [9.17, 15) is 4.79 Å². The van der Waals surface area contributed by atoms with E-state index in [-0.39, 0.29) is 5.91 Å². The number of aromatic nitrogens is 2. The van der Waals surface area contributed by atoms with E-state index in [1.54, 1.807) is 19.1 Å². The third-order valence-corrected chi connectivity index (χ3v) is 4.55. The molecule has 0 saturated carbocycles. The summed E-state index contributed by atoms with van der Waals surface area (Å²) >= 11 is 6.13. The van der Waals surface area contributed by atoms with Gasteiger partial charge in [0.2, 0.25) is 0 Å². The molecule has 6 heteroatoms. The van der Waals surface area contributed by atoms with Crippen molar-refractivity contribution in [1.82, 2.24) is 9.97 Å². The predicted molar refractivity (Wildman–Crippen MR) is 109 cm³/mol. The second kappa shape index (κ2) is 8.18. The van der Waals surface area contributed by atoms with E-state index in [1.165, 1.54) is 0 Å². The smallest absolute Gasteiger partial charge is 0.274 e. The van der Waals surface area contributed by atoms with Gasteiger partial charge in [0.05, 0.1) is 0 Å². The second-order valence-corrected chi connectivity index (χ2v) is 6.83.